The number of urea groups is 1. The second kappa shape index (κ2) is 4.26. The summed E-state index contributed by atoms with van der Waals surface area (Å²) in [5.41, 5.74) is 1.99. The lowest BCUT2D eigenvalue weighted by molar-refractivity contribution is 0.242. The zero-order valence-electron chi connectivity index (χ0n) is 8.29. The Kier molecular flexibility index (Phi) is 2.99. The molecule has 4 nitrogen and oxygen atoms in total. The van der Waals surface area contributed by atoms with Crippen LogP contribution in [-0.4, -0.2) is 22.8 Å². The molecule has 1 heterocycles. The summed E-state index contributed by atoms with van der Waals surface area (Å²) < 4.78 is 6.79. The summed E-state index contributed by atoms with van der Waals surface area (Å²) in [7, 11) is 1.64. The molecule has 0 bridgehead atoms. The van der Waals surface area contributed by atoms with E-state index in [1.165, 1.54) is 0 Å². The number of ether oxygens (including phenoxy) is 1. The minimum Gasteiger partial charge on any atom is -0.497 e. The van der Waals surface area contributed by atoms with Gasteiger partial charge in [-0.25, -0.2) is 4.79 Å². The fourth-order valence-corrected chi connectivity index (χ4v) is 1.88. The van der Waals surface area contributed by atoms with Crippen molar-refractivity contribution in [1.29, 1.82) is 0 Å². The first-order valence-electron chi connectivity index (χ1n) is 4.62. The van der Waals surface area contributed by atoms with E-state index < -0.39 is 0 Å². The molecule has 0 aliphatic carbocycles. The molecule has 1 aliphatic rings. The van der Waals surface area contributed by atoms with Gasteiger partial charge >= 0.3 is 6.03 Å². The van der Waals surface area contributed by atoms with E-state index in [1.807, 2.05) is 41.1 Å². The first-order valence-corrected chi connectivity index (χ1v) is 5.58. The normalized spacial score (nSPS) is 15.3. The molecule has 0 radical (unpaired) electrons. The second-order valence-electron chi connectivity index (χ2n) is 3.29. The summed E-state index contributed by atoms with van der Waals surface area (Å²) in [6, 6.07) is 5.62. The van der Waals surface area contributed by atoms with Crippen LogP contribution in [-0.2, 0) is 6.42 Å². The van der Waals surface area contributed by atoms with Gasteiger partial charge in [0.15, 0.2) is 0 Å². The van der Waals surface area contributed by atoms with Crippen molar-refractivity contribution in [3.63, 3.8) is 0 Å². The van der Waals surface area contributed by atoms with Gasteiger partial charge in [0.2, 0.25) is 0 Å². The van der Waals surface area contributed by atoms with Crippen LogP contribution in [0.4, 0.5) is 10.5 Å². The van der Waals surface area contributed by atoms with Gasteiger partial charge < -0.3 is 10.1 Å². The van der Waals surface area contributed by atoms with Crippen molar-refractivity contribution in [3.8, 4) is 5.75 Å². The Morgan fingerprint density at radius 3 is 3.07 bits per heavy atom. The fraction of sp³-hybridized carbons (Fsp3) is 0.300. The molecule has 5 heteroatoms. The number of hydrogen-bond acceptors (Lipinski definition) is 2. The molecule has 1 aliphatic heterocycles. The number of nitrogens with one attached hydrogen (secondary N) is 1. The Bertz CT molecular complexity index is 395. The van der Waals surface area contributed by atoms with Gasteiger partial charge in [0.25, 0.3) is 0 Å². The van der Waals surface area contributed by atoms with E-state index in [1.54, 1.807) is 10.2 Å². The van der Waals surface area contributed by atoms with Crippen LogP contribution in [0.3, 0.4) is 0 Å². The Morgan fingerprint density at radius 2 is 2.33 bits per heavy atom. The lowest BCUT2D eigenvalue weighted by Gasteiger charge is -2.09. The van der Waals surface area contributed by atoms with Gasteiger partial charge in [0, 0.05) is 12.2 Å². The number of hydrogen-bond donors (Lipinski definition) is 1. The van der Waals surface area contributed by atoms with Gasteiger partial charge in [-0.1, -0.05) is 0 Å². The topological polar surface area (TPSA) is 41.6 Å². The van der Waals surface area contributed by atoms with Gasteiger partial charge in [0.1, 0.15) is 5.75 Å². The smallest absolute Gasteiger partial charge is 0.330 e. The average Bonchev–Trinajstić information content (AvgIpc) is 2.39. The third-order valence-electron chi connectivity index (χ3n) is 2.35. The Balaban J connectivity index is 2.34. The summed E-state index contributed by atoms with van der Waals surface area (Å²) in [4.78, 5) is 11.5. The number of rotatable bonds is 1. The molecule has 2 rings (SSSR count). The van der Waals surface area contributed by atoms with Gasteiger partial charge in [-0.3, -0.25) is 3.11 Å². The van der Waals surface area contributed by atoms with Crippen LogP contribution in [0.15, 0.2) is 18.2 Å². The SMILES string of the molecule is COc1ccc2c(c1)CCN(I)C(=O)N2. The lowest BCUT2D eigenvalue weighted by Crippen LogP contribution is -2.25. The van der Waals surface area contributed by atoms with Crippen molar-refractivity contribution < 1.29 is 9.53 Å². The van der Waals surface area contributed by atoms with Crippen molar-refractivity contribution in [2.45, 2.75) is 6.42 Å². The van der Waals surface area contributed by atoms with Crippen LogP contribution in [0.5, 0.6) is 5.75 Å². The molecule has 0 atom stereocenters. The standard InChI is InChI=1S/C10H11IN2O2/c1-15-8-2-3-9-7(6-8)4-5-13(11)10(14)12-9/h2-3,6H,4-5H2,1H3,(H,12,14). The molecule has 0 unspecified atom stereocenters. The van der Waals surface area contributed by atoms with Crippen LogP contribution in [0.25, 0.3) is 0 Å². The highest BCUT2D eigenvalue weighted by molar-refractivity contribution is 14.1. The molecule has 0 saturated carbocycles. The molecule has 2 amide bonds. The molecule has 0 fully saturated rings. The van der Waals surface area contributed by atoms with Gasteiger partial charge in [0.05, 0.1) is 30.0 Å². The van der Waals surface area contributed by atoms with Gasteiger partial charge in [-0.05, 0) is 30.2 Å². The van der Waals surface area contributed by atoms with Crippen LogP contribution in [0.1, 0.15) is 5.56 Å². The second-order valence-corrected chi connectivity index (χ2v) is 4.45. The van der Waals surface area contributed by atoms with E-state index in [4.69, 9.17) is 4.74 Å². The molecule has 15 heavy (non-hydrogen) atoms. The molecule has 1 aromatic carbocycles. The molecule has 1 aromatic rings. The molecule has 0 aromatic heterocycles. The highest BCUT2D eigenvalue weighted by atomic mass is 127. The number of benzene rings is 1. The van der Waals surface area contributed by atoms with Gasteiger partial charge in [-0.15, -0.1) is 0 Å². The maximum absolute atomic E-state index is 11.5. The Morgan fingerprint density at radius 1 is 1.53 bits per heavy atom. The Hall–Kier alpha value is -0.980. The van der Waals surface area contributed by atoms with E-state index in [9.17, 15) is 4.79 Å². The number of carbonyl (C=O) groups is 1. The predicted molar refractivity (Wildman–Crippen MR) is 66.4 cm³/mol. The van der Waals surface area contributed by atoms with Crippen LogP contribution < -0.4 is 10.1 Å². The maximum Gasteiger partial charge on any atom is 0.330 e. The van der Waals surface area contributed by atoms with E-state index in [2.05, 4.69) is 5.32 Å². The van der Waals surface area contributed by atoms with E-state index in [0.717, 1.165) is 23.4 Å². The van der Waals surface area contributed by atoms with Crippen LogP contribution in [0.2, 0.25) is 0 Å². The molecule has 0 spiro atoms. The lowest BCUT2D eigenvalue weighted by atomic mass is 10.1. The number of amides is 2. The third-order valence-corrected chi connectivity index (χ3v) is 3.27. The van der Waals surface area contributed by atoms with Crippen molar-refractivity contribution >= 4 is 34.6 Å². The van der Waals surface area contributed by atoms with Gasteiger partial charge in [-0.2, -0.15) is 0 Å². The average molecular weight is 318 g/mol. The molecular weight excluding hydrogens is 307 g/mol. The quantitative estimate of drug-likeness (QED) is 0.638. The third kappa shape index (κ3) is 2.17. The summed E-state index contributed by atoms with van der Waals surface area (Å²) in [6.45, 7) is 0.715. The highest BCUT2D eigenvalue weighted by Crippen LogP contribution is 2.25. The minimum atomic E-state index is -0.0699. The summed E-state index contributed by atoms with van der Waals surface area (Å²) in [6.07, 6.45) is 0.841. The van der Waals surface area contributed by atoms with Crippen molar-refractivity contribution in [2.75, 3.05) is 19.0 Å². The number of carbonyl (C=O) groups excluding carboxylic acids is 1. The summed E-state index contributed by atoms with van der Waals surface area (Å²) >= 11 is 2.01. The van der Waals surface area contributed by atoms with Crippen LogP contribution >= 0.6 is 22.9 Å². The van der Waals surface area contributed by atoms with Crippen molar-refractivity contribution in [2.24, 2.45) is 0 Å². The van der Waals surface area contributed by atoms with Crippen LogP contribution in [0, 0.1) is 0 Å². The monoisotopic (exact) mass is 318 g/mol. The first kappa shape index (κ1) is 10.5. The number of halogens is 1. The van der Waals surface area contributed by atoms with E-state index >= 15 is 0 Å². The summed E-state index contributed by atoms with van der Waals surface area (Å²) in [5, 5.41) is 2.85. The molecule has 1 N–H and O–H groups in total. The number of methoxy groups -OCH3 is 1. The van der Waals surface area contributed by atoms with E-state index in [0.29, 0.717) is 6.54 Å². The highest BCUT2D eigenvalue weighted by Gasteiger charge is 2.17. The molecule has 0 saturated heterocycles. The van der Waals surface area contributed by atoms with E-state index in [-0.39, 0.29) is 6.03 Å². The predicted octanol–water partition coefficient (Wildman–Crippen LogP) is 2.44. The largest absolute Gasteiger partial charge is 0.497 e. The molecule has 80 valence electrons. The zero-order chi connectivity index (χ0) is 10.8. The fourth-order valence-electron chi connectivity index (χ4n) is 1.52. The number of anilines is 1. The Labute approximate surface area is 102 Å². The number of nitrogens with zero attached hydrogens (tertiary/aromatic N) is 1. The number of fused-ring (bicyclic) bond motifs is 1. The van der Waals surface area contributed by atoms with Crippen molar-refractivity contribution in [3.05, 3.63) is 23.8 Å². The van der Waals surface area contributed by atoms with Crippen molar-refractivity contribution in [1.82, 2.24) is 3.11 Å². The maximum atomic E-state index is 11.5. The first-order chi connectivity index (χ1) is 7.20. The zero-order valence-corrected chi connectivity index (χ0v) is 10.4. The summed E-state index contributed by atoms with van der Waals surface area (Å²) in [5.74, 6) is 0.824. The minimum absolute atomic E-state index is 0.0699. The molecular formula is C10H11IN2O2.